The van der Waals surface area contributed by atoms with E-state index in [1.54, 1.807) is 17.7 Å². The van der Waals surface area contributed by atoms with Crippen molar-refractivity contribution in [1.82, 2.24) is 24.2 Å². The third-order valence-corrected chi connectivity index (χ3v) is 6.35. The molecule has 1 saturated heterocycles. The van der Waals surface area contributed by atoms with Crippen molar-refractivity contribution in [2.75, 3.05) is 6.54 Å². The summed E-state index contributed by atoms with van der Waals surface area (Å²) in [7, 11) is 1.78. The monoisotopic (exact) mass is 421 g/mol. The first-order valence-corrected chi connectivity index (χ1v) is 10.7. The summed E-state index contributed by atoms with van der Waals surface area (Å²) in [5, 5.41) is 3.80. The maximum Gasteiger partial charge on any atom is 0.330 e. The number of carbonyl (C=O) groups excluding carboxylic acids is 1. The van der Waals surface area contributed by atoms with Gasteiger partial charge in [-0.25, -0.2) is 9.78 Å². The molecule has 0 radical (unpaired) electrons. The van der Waals surface area contributed by atoms with Crippen LogP contribution in [0.3, 0.4) is 0 Å². The number of aromatic nitrogens is 4. The molecule has 1 aliphatic carbocycles. The molecule has 1 aliphatic heterocycles. The van der Waals surface area contributed by atoms with Gasteiger partial charge < -0.3 is 9.42 Å². The minimum atomic E-state index is -0.0824. The van der Waals surface area contributed by atoms with Gasteiger partial charge in [-0.2, -0.15) is 0 Å². The second kappa shape index (κ2) is 6.93. The van der Waals surface area contributed by atoms with Gasteiger partial charge in [0.25, 0.3) is 5.91 Å². The molecule has 162 valence electrons. The lowest BCUT2D eigenvalue weighted by Crippen LogP contribution is -2.36. The molecule has 0 saturated carbocycles. The normalized spacial score (nSPS) is 21.0. The topological polar surface area (TPSA) is 86.2 Å². The van der Waals surface area contributed by atoms with Crippen molar-refractivity contribution < 1.29 is 9.32 Å². The van der Waals surface area contributed by atoms with Crippen LogP contribution in [0, 0.1) is 11.3 Å². The van der Waals surface area contributed by atoms with Crippen molar-refractivity contribution in [3.8, 4) is 0 Å². The van der Waals surface area contributed by atoms with Crippen LogP contribution in [-0.2, 0) is 13.6 Å². The van der Waals surface area contributed by atoms with Crippen LogP contribution in [0.15, 0.2) is 39.9 Å². The van der Waals surface area contributed by atoms with Gasteiger partial charge in [-0.1, -0.05) is 32.0 Å². The van der Waals surface area contributed by atoms with Crippen molar-refractivity contribution in [2.24, 2.45) is 18.4 Å². The van der Waals surface area contributed by atoms with Crippen LogP contribution in [0.1, 0.15) is 49.8 Å². The number of rotatable bonds is 3. The summed E-state index contributed by atoms with van der Waals surface area (Å²) in [5.74, 6) is 0.162. The number of carbonyl (C=O) groups is 1. The Morgan fingerprint density at radius 3 is 2.77 bits per heavy atom. The Hall–Kier alpha value is -3.16. The second-order valence-electron chi connectivity index (χ2n) is 9.77. The minimum Gasteiger partial charge on any atom is -0.364 e. The van der Waals surface area contributed by atoms with Gasteiger partial charge in [0.2, 0.25) is 0 Å². The molecule has 0 aromatic carbocycles. The van der Waals surface area contributed by atoms with E-state index >= 15 is 0 Å². The molecule has 2 unspecified atom stereocenters. The average molecular weight is 422 g/mol. The Labute approximate surface area is 180 Å². The van der Waals surface area contributed by atoms with Crippen LogP contribution in [0.4, 0.5) is 0 Å². The molecule has 4 heterocycles. The summed E-state index contributed by atoms with van der Waals surface area (Å²) >= 11 is 0. The zero-order valence-corrected chi connectivity index (χ0v) is 18.3. The molecule has 2 aliphatic rings. The standard InChI is InChI=1S/C23H27N5O3/c1-23(2,3)13-28-19-8-6-16(24-20(19)26(4)22(28)30)14-5-7-18-15(14)9-11-27(18)21(29)17-10-12-31-25-17/h5-6,8,10,12,15,18H,7,9,11,13H2,1-4H3. The minimum absolute atomic E-state index is 0.0122. The van der Waals surface area contributed by atoms with E-state index in [1.807, 2.05) is 21.6 Å². The van der Waals surface area contributed by atoms with E-state index in [2.05, 4.69) is 32.0 Å². The van der Waals surface area contributed by atoms with Gasteiger partial charge >= 0.3 is 5.69 Å². The van der Waals surface area contributed by atoms with Gasteiger partial charge in [0.15, 0.2) is 11.3 Å². The van der Waals surface area contributed by atoms with Crippen LogP contribution in [0.25, 0.3) is 16.7 Å². The number of nitrogens with zero attached hydrogens (tertiary/aromatic N) is 5. The van der Waals surface area contributed by atoms with Crippen molar-refractivity contribution in [2.45, 2.75) is 46.2 Å². The molecule has 5 rings (SSSR count). The number of hydrogen-bond donors (Lipinski definition) is 0. The Morgan fingerprint density at radius 1 is 1.26 bits per heavy atom. The largest absolute Gasteiger partial charge is 0.364 e. The average Bonchev–Trinajstić information content (AvgIpc) is 3.49. The van der Waals surface area contributed by atoms with E-state index < -0.39 is 0 Å². The van der Waals surface area contributed by atoms with Crippen LogP contribution < -0.4 is 5.69 Å². The molecule has 2 atom stereocenters. The highest BCUT2D eigenvalue weighted by atomic mass is 16.5. The van der Waals surface area contributed by atoms with E-state index in [-0.39, 0.29) is 29.0 Å². The predicted molar refractivity (Wildman–Crippen MR) is 116 cm³/mol. The van der Waals surface area contributed by atoms with Gasteiger partial charge in [-0.05, 0) is 36.0 Å². The fourth-order valence-electron chi connectivity index (χ4n) is 4.98. The summed E-state index contributed by atoms with van der Waals surface area (Å²) < 4.78 is 8.28. The van der Waals surface area contributed by atoms with E-state index in [4.69, 9.17) is 9.51 Å². The van der Waals surface area contributed by atoms with Crippen molar-refractivity contribution in [3.63, 3.8) is 0 Å². The molecule has 0 N–H and O–H groups in total. The van der Waals surface area contributed by atoms with E-state index in [1.165, 1.54) is 11.8 Å². The lowest BCUT2D eigenvalue weighted by molar-refractivity contribution is 0.0723. The number of likely N-dealkylation sites (tertiary alicyclic amines) is 1. The van der Waals surface area contributed by atoms with Gasteiger partial charge in [0.05, 0.1) is 11.2 Å². The third-order valence-electron chi connectivity index (χ3n) is 6.35. The summed E-state index contributed by atoms with van der Waals surface area (Å²) in [4.78, 5) is 32.4. The molecular weight excluding hydrogens is 394 g/mol. The van der Waals surface area contributed by atoms with Crippen molar-refractivity contribution >= 4 is 22.6 Å². The van der Waals surface area contributed by atoms with E-state index in [0.29, 0.717) is 24.4 Å². The zero-order valence-electron chi connectivity index (χ0n) is 18.3. The Balaban J connectivity index is 1.45. The fraction of sp³-hybridized carbons (Fsp3) is 0.478. The van der Waals surface area contributed by atoms with Gasteiger partial charge in [0.1, 0.15) is 6.26 Å². The van der Waals surface area contributed by atoms with E-state index in [0.717, 1.165) is 24.1 Å². The fourth-order valence-corrected chi connectivity index (χ4v) is 4.98. The number of fused-ring (bicyclic) bond motifs is 2. The molecule has 31 heavy (non-hydrogen) atoms. The highest BCUT2D eigenvalue weighted by molar-refractivity contribution is 5.93. The third kappa shape index (κ3) is 3.21. The molecule has 1 fully saturated rings. The highest BCUT2D eigenvalue weighted by Crippen LogP contribution is 2.43. The van der Waals surface area contributed by atoms with Crippen LogP contribution in [-0.4, -0.2) is 42.7 Å². The first-order valence-electron chi connectivity index (χ1n) is 10.7. The number of imidazole rings is 1. The molecule has 0 spiro atoms. The van der Waals surface area contributed by atoms with Crippen LogP contribution >= 0.6 is 0 Å². The van der Waals surface area contributed by atoms with Crippen LogP contribution in [0.5, 0.6) is 0 Å². The summed E-state index contributed by atoms with van der Waals surface area (Å²) in [6.07, 6.45) is 5.31. The number of hydrogen-bond acceptors (Lipinski definition) is 5. The Morgan fingerprint density at radius 2 is 2.06 bits per heavy atom. The predicted octanol–water partition coefficient (Wildman–Crippen LogP) is 3.09. The Bertz CT molecular complexity index is 1240. The lowest BCUT2D eigenvalue weighted by Gasteiger charge is -2.23. The highest BCUT2D eigenvalue weighted by Gasteiger charge is 2.43. The molecular formula is C23H27N5O3. The molecule has 8 heteroatoms. The number of pyridine rings is 1. The first-order chi connectivity index (χ1) is 14.7. The van der Waals surface area contributed by atoms with Crippen molar-refractivity contribution in [1.29, 1.82) is 0 Å². The summed E-state index contributed by atoms with van der Waals surface area (Å²) in [5.41, 5.74) is 3.90. The summed E-state index contributed by atoms with van der Waals surface area (Å²) in [6.45, 7) is 7.69. The van der Waals surface area contributed by atoms with Gasteiger partial charge in [0, 0.05) is 38.2 Å². The molecule has 3 aromatic rings. The lowest BCUT2D eigenvalue weighted by atomic mass is 9.95. The van der Waals surface area contributed by atoms with E-state index in [9.17, 15) is 9.59 Å². The van der Waals surface area contributed by atoms with Gasteiger partial charge in [-0.3, -0.25) is 13.9 Å². The molecule has 3 aromatic heterocycles. The molecule has 1 amide bonds. The maximum absolute atomic E-state index is 12.8. The first kappa shape index (κ1) is 19.8. The van der Waals surface area contributed by atoms with Crippen molar-refractivity contribution in [3.05, 3.63) is 52.4 Å². The van der Waals surface area contributed by atoms with Gasteiger partial charge in [-0.15, -0.1) is 0 Å². The molecule has 0 bridgehead atoms. The van der Waals surface area contributed by atoms with Crippen LogP contribution in [0.2, 0.25) is 0 Å². The number of aryl methyl sites for hydroxylation is 1. The SMILES string of the molecule is Cn1c(=O)n(CC(C)(C)C)c2ccc(C3=CCC4C3CCN4C(=O)c3ccon3)nc21. The summed E-state index contributed by atoms with van der Waals surface area (Å²) in [6, 6.07) is 5.74. The molecule has 8 nitrogen and oxygen atoms in total. The second-order valence-corrected chi connectivity index (χ2v) is 9.77. The number of amides is 1. The smallest absolute Gasteiger partial charge is 0.330 e. The maximum atomic E-state index is 12.8. The Kier molecular flexibility index (Phi) is 4.42. The quantitative estimate of drug-likeness (QED) is 0.649. The zero-order chi connectivity index (χ0) is 21.9.